The fourth-order valence-electron chi connectivity index (χ4n) is 2.90. The van der Waals surface area contributed by atoms with Crippen molar-refractivity contribution in [2.24, 2.45) is 0 Å². The Balaban J connectivity index is 1.69. The minimum absolute atomic E-state index is 0.115. The predicted molar refractivity (Wildman–Crippen MR) is 108 cm³/mol. The van der Waals surface area contributed by atoms with Gasteiger partial charge in [-0.2, -0.15) is 0 Å². The summed E-state index contributed by atoms with van der Waals surface area (Å²) in [5, 5.41) is 13.1. The number of carbonyl (C=O) groups excluding carboxylic acids is 1. The van der Waals surface area contributed by atoms with Gasteiger partial charge in [0.25, 0.3) is 5.91 Å². The molecule has 2 atom stereocenters. The molecule has 0 spiro atoms. The number of aliphatic hydroxyl groups is 1. The zero-order chi connectivity index (χ0) is 21.1. The molecule has 0 aliphatic rings. The topological polar surface area (TPSA) is 72.2 Å². The molecule has 158 valence electrons. The normalized spacial score (nSPS) is 13.0. The number of benzene rings is 2. The van der Waals surface area contributed by atoms with Gasteiger partial charge >= 0.3 is 0 Å². The SMILES string of the molecule is CC[NH+](CC(=O)NCc1ccc(F)cc1)C[C@@H](O)COCc1cccc(OC)c1. The molecule has 0 fully saturated rings. The van der Waals surface area contributed by atoms with Gasteiger partial charge in [-0.3, -0.25) is 4.79 Å². The van der Waals surface area contributed by atoms with Crippen molar-refractivity contribution in [2.75, 3.05) is 33.4 Å². The Morgan fingerprint density at radius 2 is 1.97 bits per heavy atom. The van der Waals surface area contributed by atoms with Crippen molar-refractivity contribution in [3.63, 3.8) is 0 Å². The number of aliphatic hydroxyl groups excluding tert-OH is 1. The van der Waals surface area contributed by atoms with Crippen molar-refractivity contribution >= 4 is 5.91 Å². The second kappa shape index (κ2) is 12.2. The van der Waals surface area contributed by atoms with E-state index in [1.807, 2.05) is 31.2 Å². The number of nitrogens with one attached hydrogen (secondary N) is 2. The van der Waals surface area contributed by atoms with Crippen molar-refractivity contribution in [1.82, 2.24) is 5.32 Å². The largest absolute Gasteiger partial charge is 0.497 e. The molecule has 0 saturated heterocycles. The number of halogens is 1. The quantitative estimate of drug-likeness (QED) is 0.491. The number of hydrogen-bond donors (Lipinski definition) is 3. The highest BCUT2D eigenvalue weighted by molar-refractivity contribution is 5.76. The van der Waals surface area contributed by atoms with Gasteiger partial charge in [-0.25, -0.2) is 4.39 Å². The van der Waals surface area contributed by atoms with E-state index in [-0.39, 0.29) is 24.9 Å². The smallest absolute Gasteiger partial charge is 0.275 e. The number of carbonyl (C=O) groups is 1. The third-order valence-electron chi connectivity index (χ3n) is 4.55. The lowest BCUT2D eigenvalue weighted by Crippen LogP contribution is -3.14. The third-order valence-corrected chi connectivity index (χ3v) is 4.55. The van der Waals surface area contributed by atoms with E-state index < -0.39 is 6.10 Å². The Hall–Kier alpha value is -2.48. The molecule has 29 heavy (non-hydrogen) atoms. The van der Waals surface area contributed by atoms with E-state index in [0.29, 0.717) is 26.2 Å². The average Bonchev–Trinajstić information content (AvgIpc) is 2.73. The Labute approximate surface area is 171 Å². The standard InChI is InChI=1S/C22H29FN2O4/c1-3-25(14-22(27)24-12-17-7-9-19(23)10-8-17)13-20(26)16-29-15-18-5-4-6-21(11-18)28-2/h4-11,20,26H,3,12-16H2,1-2H3,(H,24,27)/p+1/t20-/m1/s1. The van der Waals surface area contributed by atoms with Crippen molar-refractivity contribution in [3.8, 4) is 5.75 Å². The molecule has 1 amide bonds. The second-order valence-corrected chi connectivity index (χ2v) is 6.91. The summed E-state index contributed by atoms with van der Waals surface area (Å²) < 4.78 is 23.7. The molecule has 2 aromatic carbocycles. The maximum Gasteiger partial charge on any atom is 0.275 e. The van der Waals surface area contributed by atoms with Gasteiger partial charge in [0.2, 0.25) is 0 Å². The van der Waals surface area contributed by atoms with Gasteiger partial charge in [-0.05, 0) is 42.3 Å². The van der Waals surface area contributed by atoms with Crippen molar-refractivity contribution in [1.29, 1.82) is 0 Å². The highest BCUT2D eigenvalue weighted by Gasteiger charge is 2.17. The van der Waals surface area contributed by atoms with Gasteiger partial charge in [0, 0.05) is 6.54 Å². The van der Waals surface area contributed by atoms with Crippen LogP contribution in [0.4, 0.5) is 4.39 Å². The van der Waals surface area contributed by atoms with Crippen LogP contribution < -0.4 is 15.0 Å². The minimum atomic E-state index is -0.666. The second-order valence-electron chi connectivity index (χ2n) is 6.91. The lowest BCUT2D eigenvalue weighted by molar-refractivity contribution is -0.893. The minimum Gasteiger partial charge on any atom is -0.497 e. The number of rotatable bonds is 12. The van der Waals surface area contributed by atoms with Crippen LogP contribution in [0.1, 0.15) is 18.1 Å². The van der Waals surface area contributed by atoms with Crippen LogP contribution in [-0.2, 0) is 22.7 Å². The number of ether oxygens (including phenoxy) is 2. The van der Waals surface area contributed by atoms with E-state index in [1.54, 1.807) is 19.2 Å². The van der Waals surface area contributed by atoms with Crippen LogP contribution in [0, 0.1) is 5.82 Å². The maximum absolute atomic E-state index is 12.9. The summed E-state index contributed by atoms with van der Waals surface area (Å²) in [5.41, 5.74) is 1.81. The van der Waals surface area contributed by atoms with Gasteiger partial charge in [-0.1, -0.05) is 24.3 Å². The van der Waals surface area contributed by atoms with Crippen molar-refractivity contribution in [3.05, 3.63) is 65.5 Å². The van der Waals surface area contributed by atoms with Crippen LogP contribution in [-0.4, -0.2) is 50.5 Å². The van der Waals surface area contributed by atoms with Crippen LogP contribution in [0.2, 0.25) is 0 Å². The maximum atomic E-state index is 12.9. The fraction of sp³-hybridized carbons (Fsp3) is 0.409. The zero-order valence-electron chi connectivity index (χ0n) is 17.0. The van der Waals surface area contributed by atoms with E-state index >= 15 is 0 Å². The molecule has 0 aromatic heterocycles. The first-order valence-corrected chi connectivity index (χ1v) is 9.73. The van der Waals surface area contributed by atoms with E-state index in [2.05, 4.69) is 5.32 Å². The van der Waals surface area contributed by atoms with E-state index in [9.17, 15) is 14.3 Å². The first-order chi connectivity index (χ1) is 14.0. The van der Waals surface area contributed by atoms with Crippen molar-refractivity contribution in [2.45, 2.75) is 26.2 Å². The van der Waals surface area contributed by atoms with Gasteiger partial charge in [0.05, 0.1) is 26.9 Å². The van der Waals surface area contributed by atoms with Crippen LogP contribution >= 0.6 is 0 Å². The molecule has 6 nitrogen and oxygen atoms in total. The van der Waals surface area contributed by atoms with E-state index in [0.717, 1.165) is 21.8 Å². The molecule has 7 heteroatoms. The first-order valence-electron chi connectivity index (χ1n) is 9.73. The average molecular weight is 405 g/mol. The summed E-state index contributed by atoms with van der Waals surface area (Å²) in [4.78, 5) is 13.1. The molecule has 0 heterocycles. The molecule has 1 unspecified atom stereocenters. The molecule has 3 N–H and O–H groups in total. The summed E-state index contributed by atoms with van der Waals surface area (Å²) >= 11 is 0. The lowest BCUT2D eigenvalue weighted by Gasteiger charge is -2.20. The molecule has 0 aliphatic carbocycles. The molecule has 0 radical (unpaired) electrons. The van der Waals surface area contributed by atoms with Gasteiger partial charge < -0.3 is 24.8 Å². The highest BCUT2D eigenvalue weighted by Crippen LogP contribution is 2.13. The molecule has 0 aliphatic heterocycles. The molecule has 2 aromatic rings. The van der Waals surface area contributed by atoms with Gasteiger partial charge in [-0.15, -0.1) is 0 Å². The fourth-order valence-corrected chi connectivity index (χ4v) is 2.90. The Morgan fingerprint density at radius 1 is 1.21 bits per heavy atom. The lowest BCUT2D eigenvalue weighted by atomic mass is 10.2. The number of hydrogen-bond acceptors (Lipinski definition) is 4. The Bertz CT molecular complexity index is 755. The number of quaternary nitrogens is 1. The molecule has 2 rings (SSSR count). The van der Waals surface area contributed by atoms with E-state index in [1.165, 1.54) is 12.1 Å². The zero-order valence-corrected chi connectivity index (χ0v) is 17.0. The molecular weight excluding hydrogens is 375 g/mol. The third kappa shape index (κ3) is 8.60. The number of likely N-dealkylation sites (N-methyl/N-ethyl adjacent to an activating group) is 1. The number of amides is 1. The van der Waals surface area contributed by atoms with Crippen LogP contribution in [0.5, 0.6) is 5.75 Å². The van der Waals surface area contributed by atoms with Crippen LogP contribution in [0.25, 0.3) is 0 Å². The summed E-state index contributed by atoms with van der Waals surface area (Å²) in [7, 11) is 1.61. The first kappa shape index (κ1) is 22.8. The Kier molecular flexibility index (Phi) is 9.56. The highest BCUT2D eigenvalue weighted by atomic mass is 19.1. The van der Waals surface area contributed by atoms with Crippen LogP contribution in [0.3, 0.4) is 0 Å². The number of methoxy groups -OCH3 is 1. The van der Waals surface area contributed by atoms with Gasteiger partial charge in [0.15, 0.2) is 6.54 Å². The summed E-state index contributed by atoms with van der Waals surface area (Å²) in [6, 6.07) is 13.6. The Morgan fingerprint density at radius 3 is 2.66 bits per heavy atom. The molecular formula is C22H30FN2O4+. The van der Waals surface area contributed by atoms with Crippen LogP contribution in [0.15, 0.2) is 48.5 Å². The molecule has 0 bridgehead atoms. The van der Waals surface area contributed by atoms with E-state index in [4.69, 9.17) is 9.47 Å². The summed E-state index contributed by atoms with van der Waals surface area (Å²) in [6.07, 6.45) is -0.666. The molecule has 0 saturated carbocycles. The summed E-state index contributed by atoms with van der Waals surface area (Å²) in [5.74, 6) is 0.347. The summed E-state index contributed by atoms with van der Waals surface area (Å²) in [6.45, 7) is 4.26. The van der Waals surface area contributed by atoms with Crippen molar-refractivity contribution < 1.29 is 28.7 Å². The van der Waals surface area contributed by atoms with Gasteiger partial charge in [0.1, 0.15) is 24.2 Å². The monoisotopic (exact) mass is 405 g/mol. The predicted octanol–water partition coefficient (Wildman–Crippen LogP) is 0.933.